The number of ether oxygens (including phenoxy) is 1. The molecule has 27 heavy (non-hydrogen) atoms. The summed E-state index contributed by atoms with van der Waals surface area (Å²) in [7, 11) is 0. The van der Waals surface area contributed by atoms with Crippen LogP contribution in [0.1, 0.15) is 11.3 Å². The first-order valence-electron chi connectivity index (χ1n) is 7.83. The average molecular weight is 463 g/mol. The van der Waals surface area contributed by atoms with Gasteiger partial charge < -0.3 is 9.15 Å². The lowest BCUT2D eigenvalue weighted by atomic mass is 10.2. The van der Waals surface area contributed by atoms with Crippen LogP contribution in [0.5, 0.6) is 0 Å². The number of cyclic esters (lactones) is 1. The molecule has 1 aliphatic rings. The molecule has 1 aliphatic heterocycles. The first-order chi connectivity index (χ1) is 13.0. The van der Waals surface area contributed by atoms with Gasteiger partial charge >= 0.3 is 5.97 Å². The van der Waals surface area contributed by atoms with Crippen LogP contribution < -0.4 is 0 Å². The van der Waals surface area contributed by atoms with E-state index in [0.717, 1.165) is 4.47 Å². The van der Waals surface area contributed by atoms with Crippen molar-refractivity contribution in [3.05, 3.63) is 86.1 Å². The molecule has 0 amide bonds. The van der Waals surface area contributed by atoms with Crippen molar-refractivity contribution in [3.8, 4) is 11.3 Å². The predicted octanol–water partition coefficient (Wildman–Crippen LogP) is 6.36. The summed E-state index contributed by atoms with van der Waals surface area (Å²) in [5.74, 6) is 0.737. The zero-order valence-corrected chi connectivity index (χ0v) is 16.7. The Hall–Kier alpha value is -2.34. The van der Waals surface area contributed by atoms with E-state index >= 15 is 0 Å². The van der Waals surface area contributed by atoms with Gasteiger partial charge in [-0.15, -0.1) is 0 Å². The quantitative estimate of drug-likeness (QED) is 0.336. The van der Waals surface area contributed by atoms with Crippen molar-refractivity contribution in [2.45, 2.75) is 0 Å². The Labute approximate surface area is 173 Å². The van der Waals surface area contributed by atoms with Crippen LogP contribution in [0.25, 0.3) is 17.4 Å². The Morgan fingerprint density at radius 3 is 2.67 bits per heavy atom. The molecule has 134 valence electrons. The molecule has 4 rings (SSSR count). The second-order valence-electron chi connectivity index (χ2n) is 5.67. The summed E-state index contributed by atoms with van der Waals surface area (Å²) in [5, 5.41) is 1.02. The lowest BCUT2D eigenvalue weighted by Crippen LogP contribution is -2.05. The second kappa shape index (κ2) is 7.35. The Morgan fingerprint density at radius 1 is 1.04 bits per heavy atom. The van der Waals surface area contributed by atoms with E-state index in [9.17, 15) is 4.79 Å². The van der Waals surface area contributed by atoms with Crippen LogP contribution in [0.3, 0.4) is 0 Å². The second-order valence-corrected chi connectivity index (χ2v) is 7.43. The number of aliphatic imine (C=N–C) groups is 1. The molecule has 0 saturated heterocycles. The zero-order chi connectivity index (χ0) is 19.0. The van der Waals surface area contributed by atoms with E-state index in [1.165, 1.54) is 6.08 Å². The summed E-state index contributed by atoms with van der Waals surface area (Å²) >= 11 is 15.5. The number of benzene rings is 2. The molecule has 0 bridgehead atoms. The van der Waals surface area contributed by atoms with E-state index in [1.807, 2.05) is 24.3 Å². The maximum Gasteiger partial charge on any atom is 0.363 e. The number of esters is 1. The maximum atomic E-state index is 12.1. The summed E-state index contributed by atoms with van der Waals surface area (Å²) < 4.78 is 11.9. The standard InChI is InChI=1S/C20H10BrCl2NO3/c21-12-3-1-2-11(8-12)19-24-17(20(25)27-19)10-14-5-7-18(26-14)15-6-4-13(22)9-16(15)23/h1-10H. The van der Waals surface area contributed by atoms with Crippen LogP contribution in [0.4, 0.5) is 0 Å². The van der Waals surface area contributed by atoms with Crippen LogP contribution in [0, 0.1) is 0 Å². The Bertz CT molecular complexity index is 1120. The lowest BCUT2D eigenvalue weighted by Gasteiger charge is -2.00. The van der Waals surface area contributed by atoms with Crippen LogP contribution in [-0.4, -0.2) is 11.9 Å². The summed E-state index contributed by atoms with van der Waals surface area (Å²) in [5.41, 5.74) is 1.57. The summed E-state index contributed by atoms with van der Waals surface area (Å²) in [4.78, 5) is 16.4. The van der Waals surface area contributed by atoms with Crippen LogP contribution in [0.2, 0.25) is 10.0 Å². The molecule has 4 nitrogen and oxygen atoms in total. The molecular formula is C20H10BrCl2NO3. The van der Waals surface area contributed by atoms with Crippen LogP contribution in [-0.2, 0) is 9.53 Å². The van der Waals surface area contributed by atoms with Crippen molar-refractivity contribution in [1.29, 1.82) is 0 Å². The van der Waals surface area contributed by atoms with E-state index in [2.05, 4.69) is 20.9 Å². The molecule has 0 unspecified atom stereocenters. The van der Waals surface area contributed by atoms with Gasteiger partial charge in [-0.05, 0) is 48.5 Å². The SMILES string of the molecule is O=C1OC(c2cccc(Br)c2)=NC1=Cc1ccc(-c2ccc(Cl)cc2Cl)o1. The number of nitrogens with zero attached hydrogens (tertiary/aromatic N) is 1. The number of carbonyl (C=O) groups excluding carboxylic acids is 1. The van der Waals surface area contributed by atoms with Crippen molar-refractivity contribution in [2.24, 2.45) is 4.99 Å². The number of halogens is 3. The van der Waals surface area contributed by atoms with Gasteiger partial charge in [0.25, 0.3) is 0 Å². The fourth-order valence-corrected chi connectivity index (χ4v) is 3.45. The maximum absolute atomic E-state index is 12.1. The molecule has 1 aromatic heterocycles. The van der Waals surface area contributed by atoms with E-state index in [-0.39, 0.29) is 11.6 Å². The molecule has 0 radical (unpaired) electrons. The first kappa shape index (κ1) is 18.0. The molecule has 0 spiro atoms. The van der Waals surface area contributed by atoms with Crippen molar-refractivity contribution in [1.82, 2.24) is 0 Å². The Kier molecular flexibility index (Phi) is 4.91. The minimum atomic E-state index is -0.535. The third kappa shape index (κ3) is 3.86. The summed E-state index contributed by atoms with van der Waals surface area (Å²) in [6, 6.07) is 16.0. The van der Waals surface area contributed by atoms with Crippen molar-refractivity contribution >= 4 is 57.1 Å². The van der Waals surface area contributed by atoms with Crippen LogP contribution in [0.15, 0.2) is 74.2 Å². The Balaban J connectivity index is 1.64. The minimum absolute atomic E-state index is 0.160. The van der Waals surface area contributed by atoms with Gasteiger partial charge in [-0.2, -0.15) is 0 Å². The van der Waals surface area contributed by atoms with E-state index in [0.29, 0.717) is 32.7 Å². The number of rotatable bonds is 3. The van der Waals surface area contributed by atoms with Gasteiger partial charge in [0.15, 0.2) is 5.70 Å². The predicted molar refractivity (Wildman–Crippen MR) is 109 cm³/mol. The topological polar surface area (TPSA) is 51.8 Å². The molecule has 3 aromatic rings. The van der Waals surface area contributed by atoms with Gasteiger partial charge in [0.2, 0.25) is 5.90 Å². The van der Waals surface area contributed by atoms with Gasteiger partial charge in [-0.25, -0.2) is 9.79 Å². The molecule has 0 atom stereocenters. The normalized spacial score (nSPS) is 15.1. The van der Waals surface area contributed by atoms with E-state index in [1.54, 1.807) is 30.3 Å². The molecule has 2 heterocycles. The molecule has 7 heteroatoms. The fraction of sp³-hybridized carbons (Fsp3) is 0. The number of hydrogen-bond acceptors (Lipinski definition) is 4. The highest BCUT2D eigenvalue weighted by Crippen LogP contribution is 2.32. The highest BCUT2D eigenvalue weighted by Gasteiger charge is 2.24. The zero-order valence-electron chi connectivity index (χ0n) is 13.6. The first-order valence-corrected chi connectivity index (χ1v) is 9.38. The van der Waals surface area contributed by atoms with Crippen molar-refractivity contribution in [3.63, 3.8) is 0 Å². The highest BCUT2D eigenvalue weighted by molar-refractivity contribution is 9.10. The van der Waals surface area contributed by atoms with Crippen LogP contribution >= 0.6 is 39.1 Å². The van der Waals surface area contributed by atoms with E-state index in [4.69, 9.17) is 32.4 Å². The fourth-order valence-electron chi connectivity index (χ4n) is 2.55. The molecule has 0 saturated carbocycles. The van der Waals surface area contributed by atoms with E-state index < -0.39 is 5.97 Å². The smallest absolute Gasteiger partial charge is 0.363 e. The van der Waals surface area contributed by atoms with Gasteiger partial charge in [0, 0.05) is 26.7 Å². The number of furan rings is 1. The summed E-state index contributed by atoms with van der Waals surface area (Å²) in [6.07, 6.45) is 1.53. The van der Waals surface area contributed by atoms with Crippen molar-refractivity contribution < 1.29 is 13.9 Å². The average Bonchev–Trinajstić information content (AvgIpc) is 3.23. The monoisotopic (exact) mass is 461 g/mol. The molecule has 0 fully saturated rings. The molecule has 0 aliphatic carbocycles. The van der Waals surface area contributed by atoms with Crippen molar-refractivity contribution in [2.75, 3.05) is 0 Å². The largest absolute Gasteiger partial charge is 0.457 e. The van der Waals surface area contributed by atoms with Gasteiger partial charge in [-0.1, -0.05) is 45.2 Å². The summed E-state index contributed by atoms with van der Waals surface area (Å²) in [6.45, 7) is 0. The third-order valence-electron chi connectivity index (χ3n) is 3.79. The number of hydrogen-bond donors (Lipinski definition) is 0. The molecular weight excluding hydrogens is 453 g/mol. The Morgan fingerprint density at radius 2 is 1.89 bits per heavy atom. The van der Waals surface area contributed by atoms with Gasteiger partial charge in [0.1, 0.15) is 11.5 Å². The lowest BCUT2D eigenvalue weighted by molar-refractivity contribution is -0.129. The third-order valence-corrected chi connectivity index (χ3v) is 4.84. The van der Waals surface area contributed by atoms with Gasteiger partial charge in [0.05, 0.1) is 5.02 Å². The highest BCUT2D eigenvalue weighted by atomic mass is 79.9. The molecule has 2 aromatic carbocycles. The minimum Gasteiger partial charge on any atom is -0.457 e. The number of carbonyl (C=O) groups is 1. The molecule has 0 N–H and O–H groups in total. The van der Waals surface area contributed by atoms with Gasteiger partial charge in [-0.3, -0.25) is 0 Å².